The zero-order chi connectivity index (χ0) is 16.8. The van der Waals surface area contributed by atoms with Gasteiger partial charge in [-0.2, -0.15) is 9.97 Å². The number of fused-ring (bicyclic) bond motifs is 1. The van der Waals surface area contributed by atoms with Crippen molar-refractivity contribution in [1.29, 1.82) is 0 Å². The molecule has 0 spiro atoms. The van der Waals surface area contributed by atoms with Gasteiger partial charge in [0.25, 0.3) is 0 Å². The molecule has 1 fully saturated rings. The van der Waals surface area contributed by atoms with Crippen LogP contribution in [0, 0.1) is 0 Å². The van der Waals surface area contributed by atoms with E-state index in [1.807, 2.05) is 0 Å². The van der Waals surface area contributed by atoms with E-state index in [4.69, 9.17) is 22.1 Å². The highest BCUT2D eigenvalue weighted by atomic mass is 35.5. The second-order valence-electron chi connectivity index (χ2n) is 5.34. The van der Waals surface area contributed by atoms with Crippen molar-refractivity contribution in [3.63, 3.8) is 0 Å². The summed E-state index contributed by atoms with van der Waals surface area (Å²) in [5.74, 6) is -0.0613. The fraction of sp³-hybridized carbons (Fsp3) is 0.462. The summed E-state index contributed by atoms with van der Waals surface area (Å²) in [7, 11) is 0. The van der Waals surface area contributed by atoms with E-state index in [0.29, 0.717) is 0 Å². The summed E-state index contributed by atoms with van der Waals surface area (Å²) in [4.78, 5) is 12.0. The SMILES string of the molecule is C=CC[C@]1(O)C(n2cnc3c(Cl)nc(N)nc32)O[C@H](CO)[C@@H]1O. The Morgan fingerprint density at radius 2 is 2.26 bits per heavy atom. The lowest BCUT2D eigenvalue weighted by Crippen LogP contribution is -2.46. The number of hydrogen-bond acceptors (Lipinski definition) is 8. The molecule has 1 unspecified atom stereocenters. The highest BCUT2D eigenvalue weighted by Crippen LogP contribution is 2.42. The second kappa shape index (κ2) is 5.69. The number of nitrogens with two attached hydrogens (primary N) is 1. The van der Waals surface area contributed by atoms with Crippen molar-refractivity contribution in [2.45, 2.75) is 30.5 Å². The minimum atomic E-state index is -1.71. The van der Waals surface area contributed by atoms with Crippen LogP contribution < -0.4 is 5.73 Å². The van der Waals surface area contributed by atoms with Gasteiger partial charge < -0.3 is 25.8 Å². The molecule has 23 heavy (non-hydrogen) atoms. The first-order valence-electron chi connectivity index (χ1n) is 6.85. The van der Waals surface area contributed by atoms with Crippen LogP contribution in [0.5, 0.6) is 0 Å². The lowest BCUT2D eigenvalue weighted by atomic mass is 9.90. The molecule has 0 aliphatic carbocycles. The summed E-state index contributed by atoms with van der Waals surface area (Å²) in [6.07, 6.45) is -0.490. The molecule has 1 saturated heterocycles. The summed E-state index contributed by atoms with van der Waals surface area (Å²) < 4.78 is 7.01. The highest BCUT2D eigenvalue weighted by Gasteiger charge is 2.55. The van der Waals surface area contributed by atoms with Gasteiger partial charge in [-0.25, -0.2) is 4.98 Å². The Balaban J connectivity index is 2.14. The molecule has 2 aromatic heterocycles. The Morgan fingerprint density at radius 3 is 2.91 bits per heavy atom. The topological polar surface area (TPSA) is 140 Å². The van der Waals surface area contributed by atoms with Crippen molar-refractivity contribution >= 4 is 28.7 Å². The van der Waals surface area contributed by atoms with Crippen molar-refractivity contribution in [3.8, 4) is 0 Å². The number of ether oxygens (including phenoxy) is 1. The van der Waals surface area contributed by atoms with Crippen LogP contribution in [0.25, 0.3) is 11.2 Å². The highest BCUT2D eigenvalue weighted by molar-refractivity contribution is 6.33. The normalized spacial score (nSPS) is 30.9. The molecule has 9 nitrogen and oxygen atoms in total. The number of rotatable bonds is 4. The van der Waals surface area contributed by atoms with E-state index in [0.717, 1.165) is 0 Å². The maximum atomic E-state index is 10.9. The van der Waals surface area contributed by atoms with E-state index >= 15 is 0 Å². The molecule has 5 N–H and O–H groups in total. The average Bonchev–Trinajstić information content (AvgIpc) is 3.01. The summed E-state index contributed by atoms with van der Waals surface area (Å²) in [6, 6.07) is 0. The first kappa shape index (κ1) is 16.1. The Kier molecular flexibility index (Phi) is 3.98. The second-order valence-corrected chi connectivity index (χ2v) is 5.69. The lowest BCUT2D eigenvalue weighted by molar-refractivity contribution is -0.105. The first-order valence-corrected chi connectivity index (χ1v) is 7.23. The maximum absolute atomic E-state index is 10.9. The van der Waals surface area contributed by atoms with E-state index in [-0.39, 0.29) is 28.7 Å². The van der Waals surface area contributed by atoms with Gasteiger partial charge in [0, 0.05) is 6.42 Å². The van der Waals surface area contributed by atoms with Crippen molar-refractivity contribution in [2.24, 2.45) is 0 Å². The van der Waals surface area contributed by atoms with Gasteiger partial charge in [0.15, 0.2) is 17.0 Å². The molecule has 0 aromatic carbocycles. The molecule has 0 bridgehead atoms. The smallest absolute Gasteiger partial charge is 0.223 e. The molecule has 1 aliphatic rings. The first-order chi connectivity index (χ1) is 10.9. The molecule has 4 atom stereocenters. The quantitative estimate of drug-likeness (QED) is 0.436. The lowest BCUT2D eigenvalue weighted by Gasteiger charge is -2.30. The summed E-state index contributed by atoms with van der Waals surface area (Å²) >= 11 is 5.98. The number of aromatic nitrogens is 4. The molecule has 1 aliphatic heterocycles. The molecule has 124 valence electrons. The average molecular weight is 342 g/mol. The Bertz CT molecular complexity index is 753. The number of aliphatic hydroxyl groups is 3. The van der Waals surface area contributed by atoms with Gasteiger partial charge in [-0.05, 0) is 0 Å². The van der Waals surface area contributed by atoms with Crippen LogP contribution in [0.2, 0.25) is 5.15 Å². The van der Waals surface area contributed by atoms with Crippen LogP contribution in [-0.4, -0.2) is 59.3 Å². The van der Waals surface area contributed by atoms with Gasteiger partial charge in [-0.3, -0.25) is 4.57 Å². The molecular formula is C13H16ClN5O4. The third kappa shape index (κ3) is 2.37. The van der Waals surface area contributed by atoms with Crippen molar-refractivity contribution in [3.05, 3.63) is 24.1 Å². The molecule has 0 radical (unpaired) electrons. The van der Waals surface area contributed by atoms with Gasteiger partial charge in [-0.15, -0.1) is 6.58 Å². The third-order valence-electron chi connectivity index (χ3n) is 3.90. The number of nitrogen functional groups attached to an aromatic ring is 1. The Hall–Kier alpha value is -1.78. The van der Waals surface area contributed by atoms with Crippen molar-refractivity contribution in [1.82, 2.24) is 19.5 Å². The summed E-state index contributed by atoms with van der Waals surface area (Å²) in [6.45, 7) is 3.12. The minimum Gasteiger partial charge on any atom is -0.394 e. The maximum Gasteiger partial charge on any atom is 0.223 e. The zero-order valence-electron chi connectivity index (χ0n) is 12.0. The molecule has 2 aromatic rings. The van der Waals surface area contributed by atoms with E-state index in [9.17, 15) is 15.3 Å². The number of imidazole rings is 1. The number of halogens is 1. The molecular weight excluding hydrogens is 326 g/mol. The molecule has 0 amide bonds. The van der Waals surface area contributed by atoms with Crippen LogP contribution in [-0.2, 0) is 4.74 Å². The fourth-order valence-electron chi connectivity index (χ4n) is 2.80. The predicted octanol–water partition coefficient (Wildman–Crippen LogP) is -0.380. The monoisotopic (exact) mass is 341 g/mol. The number of hydrogen-bond donors (Lipinski definition) is 4. The van der Waals surface area contributed by atoms with Crippen LogP contribution in [0.15, 0.2) is 19.0 Å². The van der Waals surface area contributed by atoms with E-state index in [1.54, 1.807) is 0 Å². The van der Waals surface area contributed by atoms with Gasteiger partial charge in [0.05, 0.1) is 12.9 Å². The van der Waals surface area contributed by atoms with Gasteiger partial charge >= 0.3 is 0 Å². The van der Waals surface area contributed by atoms with Gasteiger partial charge in [-0.1, -0.05) is 17.7 Å². The predicted molar refractivity (Wildman–Crippen MR) is 81.5 cm³/mol. The van der Waals surface area contributed by atoms with Gasteiger partial charge in [0.1, 0.15) is 23.3 Å². The Labute approximate surface area is 136 Å². The number of aliphatic hydroxyl groups excluding tert-OH is 2. The standard InChI is InChI=1S/C13H16ClN5O4/c1-2-3-13(22)8(21)6(4-20)23-11(13)19-5-16-7-9(14)17-12(15)18-10(7)19/h2,5-6,8,11,20-22H,1,3-4H2,(H2,15,17,18)/t6-,8+,11?,13-/m1/s1. The van der Waals surface area contributed by atoms with Crippen LogP contribution in [0.4, 0.5) is 5.95 Å². The van der Waals surface area contributed by atoms with Crippen molar-refractivity contribution < 1.29 is 20.1 Å². The van der Waals surface area contributed by atoms with Gasteiger partial charge in [0.2, 0.25) is 5.95 Å². The van der Waals surface area contributed by atoms with Crippen LogP contribution in [0.3, 0.4) is 0 Å². The summed E-state index contributed by atoms with van der Waals surface area (Å²) in [5.41, 5.74) is 4.42. The van der Waals surface area contributed by atoms with Crippen molar-refractivity contribution in [2.75, 3.05) is 12.3 Å². The third-order valence-corrected chi connectivity index (χ3v) is 4.16. The van der Waals surface area contributed by atoms with E-state index in [2.05, 4.69) is 21.5 Å². The van der Waals surface area contributed by atoms with E-state index < -0.39 is 30.6 Å². The van der Waals surface area contributed by atoms with Crippen LogP contribution in [0.1, 0.15) is 12.6 Å². The molecule has 3 heterocycles. The molecule has 0 saturated carbocycles. The zero-order valence-corrected chi connectivity index (χ0v) is 12.8. The largest absolute Gasteiger partial charge is 0.394 e. The van der Waals surface area contributed by atoms with Crippen LogP contribution >= 0.6 is 11.6 Å². The minimum absolute atomic E-state index is 0.0311. The molecule has 3 rings (SSSR count). The number of anilines is 1. The Morgan fingerprint density at radius 1 is 1.52 bits per heavy atom. The van der Waals surface area contributed by atoms with E-state index in [1.165, 1.54) is 17.0 Å². The number of nitrogens with zero attached hydrogens (tertiary/aromatic N) is 4. The fourth-order valence-corrected chi connectivity index (χ4v) is 3.02. The summed E-state index contributed by atoms with van der Waals surface area (Å²) in [5, 5.41) is 30.6. The molecule has 10 heteroatoms.